The molecule has 1 fully saturated rings. The van der Waals surface area contributed by atoms with Crippen LogP contribution in [0.1, 0.15) is 25.8 Å². The maximum atomic E-state index is 5.64. The van der Waals surface area contributed by atoms with Crippen LogP contribution in [0.15, 0.2) is 30.3 Å². The number of nitrogens with zero attached hydrogens (tertiary/aromatic N) is 1. The second kappa shape index (κ2) is 6.18. The Morgan fingerprint density at radius 2 is 2.00 bits per heavy atom. The van der Waals surface area contributed by atoms with Crippen LogP contribution < -0.4 is 0 Å². The summed E-state index contributed by atoms with van der Waals surface area (Å²) in [6.45, 7) is 7.57. The van der Waals surface area contributed by atoms with Crippen molar-refractivity contribution in [1.29, 1.82) is 0 Å². The SMILES string of the molecule is C[C@@H]1CN(CCCc2ccccc2)[C@H](C)CO1. The van der Waals surface area contributed by atoms with Crippen LogP contribution in [0.4, 0.5) is 0 Å². The third-order valence-electron chi connectivity index (χ3n) is 3.49. The quantitative estimate of drug-likeness (QED) is 0.793. The molecule has 0 saturated carbocycles. The second-order valence-corrected chi connectivity index (χ2v) is 5.08. The normalized spacial score (nSPS) is 26.0. The average molecular weight is 233 g/mol. The summed E-state index contributed by atoms with van der Waals surface area (Å²) >= 11 is 0. The zero-order valence-corrected chi connectivity index (χ0v) is 10.9. The monoisotopic (exact) mass is 233 g/mol. The largest absolute Gasteiger partial charge is 0.376 e. The van der Waals surface area contributed by atoms with Crippen LogP contribution in [0.2, 0.25) is 0 Å². The highest BCUT2D eigenvalue weighted by Crippen LogP contribution is 2.12. The van der Waals surface area contributed by atoms with Gasteiger partial charge in [0.25, 0.3) is 0 Å². The van der Waals surface area contributed by atoms with Gasteiger partial charge < -0.3 is 4.74 Å². The van der Waals surface area contributed by atoms with Crippen LogP contribution in [0.5, 0.6) is 0 Å². The Balaban J connectivity index is 1.74. The van der Waals surface area contributed by atoms with Crippen molar-refractivity contribution in [2.75, 3.05) is 19.7 Å². The van der Waals surface area contributed by atoms with Gasteiger partial charge in [-0.2, -0.15) is 0 Å². The highest BCUT2D eigenvalue weighted by molar-refractivity contribution is 5.14. The van der Waals surface area contributed by atoms with Crippen LogP contribution >= 0.6 is 0 Å². The Morgan fingerprint density at radius 1 is 1.24 bits per heavy atom. The van der Waals surface area contributed by atoms with Crippen LogP contribution in [0.25, 0.3) is 0 Å². The van der Waals surface area contributed by atoms with E-state index in [1.165, 1.54) is 24.9 Å². The molecule has 1 heterocycles. The molecule has 0 amide bonds. The molecule has 1 aromatic rings. The van der Waals surface area contributed by atoms with Crippen molar-refractivity contribution in [3.63, 3.8) is 0 Å². The highest BCUT2D eigenvalue weighted by atomic mass is 16.5. The maximum Gasteiger partial charge on any atom is 0.0674 e. The van der Waals surface area contributed by atoms with Gasteiger partial charge in [-0.1, -0.05) is 30.3 Å². The smallest absolute Gasteiger partial charge is 0.0674 e. The molecule has 1 aromatic carbocycles. The summed E-state index contributed by atoms with van der Waals surface area (Å²) in [6, 6.07) is 11.3. The van der Waals surface area contributed by atoms with Gasteiger partial charge in [0.2, 0.25) is 0 Å². The number of aryl methyl sites for hydroxylation is 1. The fourth-order valence-electron chi connectivity index (χ4n) is 2.41. The van der Waals surface area contributed by atoms with E-state index in [-0.39, 0.29) is 0 Å². The van der Waals surface area contributed by atoms with Crippen molar-refractivity contribution in [1.82, 2.24) is 4.90 Å². The molecule has 17 heavy (non-hydrogen) atoms. The molecule has 0 bridgehead atoms. The first kappa shape index (κ1) is 12.6. The van der Waals surface area contributed by atoms with E-state index in [0.717, 1.165) is 13.2 Å². The Hall–Kier alpha value is -0.860. The Morgan fingerprint density at radius 3 is 2.76 bits per heavy atom. The molecule has 2 nitrogen and oxygen atoms in total. The zero-order valence-electron chi connectivity index (χ0n) is 10.9. The Kier molecular flexibility index (Phi) is 4.57. The third kappa shape index (κ3) is 3.83. The zero-order chi connectivity index (χ0) is 12.1. The van der Waals surface area contributed by atoms with Gasteiger partial charge in [-0.15, -0.1) is 0 Å². The van der Waals surface area contributed by atoms with Crippen LogP contribution in [0, 0.1) is 0 Å². The van der Waals surface area contributed by atoms with E-state index in [0.29, 0.717) is 12.1 Å². The van der Waals surface area contributed by atoms with Crippen molar-refractivity contribution in [3.8, 4) is 0 Å². The average Bonchev–Trinajstić information content (AvgIpc) is 2.35. The lowest BCUT2D eigenvalue weighted by atomic mass is 10.1. The van der Waals surface area contributed by atoms with E-state index in [4.69, 9.17) is 4.74 Å². The van der Waals surface area contributed by atoms with Gasteiger partial charge in [-0.3, -0.25) is 4.90 Å². The van der Waals surface area contributed by atoms with E-state index in [9.17, 15) is 0 Å². The first-order valence-corrected chi connectivity index (χ1v) is 6.65. The molecule has 0 aromatic heterocycles. The molecule has 0 aliphatic carbocycles. The fraction of sp³-hybridized carbons (Fsp3) is 0.600. The molecule has 2 atom stereocenters. The van der Waals surface area contributed by atoms with Gasteiger partial charge in [0, 0.05) is 12.6 Å². The molecule has 0 unspecified atom stereocenters. The van der Waals surface area contributed by atoms with E-state index >= 15 is 0 Å². The van der Waals surface area contributed by atoms with Gasteiger partial charge in [-0.25, -0.2) is 0 Å². The van der Waals surface area contributed by atoms with Gasteiger partial charge in [0.15, 0.2) is 0 Å². The van der Waals surface area contributed by atoms with E-state index in [1.54, 1.807) is 0 Å². The molecular formula is C15H23NO. The van der Waals surface area contributed by atoms with E-state index < -0.39 is 0 Å². The van der Waals surface area contributed by atoms with Crippen LogP contribution in [-0.4, -0.2) is 36.7 Å². The summed E-state index contributed by atoms with van der Waals surface area (Å²) in [7, 11) is 0. The van der Waals surface area contributed by atoms with Gasteiger partial charge >= 0.3 is 0 Å². The van der Waals surface area contributed by atoms with E-state index in [2.05, 4.69) is 49.1 Å². The fourth-order valence-corrected chi connectivity index (χ4v) is 2.41. The topological polar surface area (TPSA) is 12.5 Å². The molecular weight excluding hydrogens is 210 g/mol. The lowest BCUT2D eigenvalue weighted by Gasteiger charge is -2.36. The molecule has 1 saturated heterocycles. The molecule has 0 radical (unpaired) electrons. The summed E-state index contributed by atoms with van der Waals surface area (Å²) in [5.74, 6) is 0. The predicted molar refractivity (Wildman–Crippen MR) is 71.2 cm³/mol. The molecule has 2 rings (SSSR count). The molecule has 0 N–H and O–H groups in total. The lowest BCUT2D eigenvalue weighted by molar-refractivity contribution is -0.0494. The summed E-state index contributed by atoms with van der Waals surface area (Å²) in [5.41, 5.74) is 1.45. The number of benzene rings is 1. The summed E-state index contributed by atoms with van der Waals surface area (Å²) < 4.78 is 5.64. The minimum absolute atomic E-state index is 0.392. The Labute approximate surface area is 105 Å². The standard InChI is InChI=1S/C15H23NO/c1-13-12-17-14(2)11-16(13)10-6-9-15-7-4-3-5-8-15/h3-5,7-8,13-14H,6,9-12H2,1-2H3/t13-,14-/m1/s1. The molecule has 1 aliphatic heterocycles. The number of ether oxygens (including phenoxy) is 1. The van der Waals surface area contributed by atoms with Crippen molar-refractivity contribution < 1.29 is 4.74 Å². The van der Waals surface area contributed by atoms with Gasteiger partial charge in [0.1, 0.15) is 0 Å². The minimum atomic E-state index is 0.392. The second-order valence-electron chi connectivity index (χ2n) is 5.08. The minimum Gasteiger partial charge on any atom is -0.376 e. The van der Waals surface area contributed by atoms with Crippen LogP contribution in [-0.2, 0) is 11.2 Å². The first-order valence-electron chi connectivity index (χ1n) is 6.65. The number of hydrogen-bond acceptors (Lipinski definition) is 2. The number of hydrogen-bond donors (Lipinski definition) is 0. The highest BCUT2D eigenvalue weighted by Gasteiger charge is 2.22. The first-order chi connectivity index (χ1) is 8.25. The molecule has 2 heteroatoms. The van der Waals surface area contributed by atoms with E-state index in [1.807, 2.05) is 0 Å². The van der Waals surface area contributed by atoms with Crippen LogP contribution in [0.3, 0.4) is 0 Å². The molecule has 1 aliphatic rings. The summed E-state index contributed by atoms with van der Waals surface area (Å²) in [5, 5.41) is 0. The van der Waals surface area contributed by atoms with Crippen molar-refractivity contribution in [2.24, 2.45) is 0 Å². The summed E-state index contributed by atoms with van der Waals surface area (Å²) in [6.07, 6.45) is 2.81. The summed E-state index contributed by atoms with van der Waals surface area (Å²) in [4.78, 5) is 2.55. The predicted octanol–water partition coefficient (Wildman–Crippen LogP) is 2.73. The van der Waals surface area contributed by atoms with Crippen molar-refractivity contribution in [3.05, 3.63) is 35.9 Å². The number of morpholine rings is 1. The maximum absolute atomic E-state index is 5.64. The number of rotatable bonds is 4. The lowest BCUT2D eigenvalue weighted by Crippen LogP contribution is -2.47. The Bertz CT molecular complexity index is 325. The molecule has 0 spiro atoms. The molecule has 94 valence electrons. The van der Waals surface area contributed by atoms with Crippen molar-refractivity contribution >= 4 is 0 Å². The van der Waals surface area contributed by atoms with Crippen molar-refractivity contribution in [2.45, 2.75) is 38.8 Å². The van der Waals surface area contributed by atoms with Gasteiger partial charge in [-0.05, 0) is 38.8 Å². The third-order valence-corrected chi connectivity index (χ3v) is 3.49. The van der Waals surface area contributed by atoms with Gasteiger partial charge in [0.05, 0.1) is 12.7 Å².